The standard InChI is InChI=1S/C7H13F3N2O4S/c1-3-4-11-17(15,16)12-6(2,5(13)14)7(8,9)10/h11-12H,3-4H2,1-2H3,(H,13,14). The molecule has 0 bridgehead atoms. The molecular formula is C7H13F3N2O4S. The summed E-state index contributed by atoms with van der Waals surface area (Å²) >= 11 is 0. The minimum atomic E-state index is -5.25. The van der Waals surface area contributed by atoms with Gasteiger partial charge < -0.3 is 5.11 Å². The molecule has 0 aromatic carbocycles. The maximum Gasteiger partial charge on any atom is 0.418 e. The maximum atomic E-state index is 12.5. The second kappa shape index (κ2) is 5.19. The molecule has 3 N–H and O–H groups in total. The van der Waals surface area contributed by atoms with E-state index < -0.39 is 27.9 Å². The number of carboxylic acids is 1. The average Bonchev–Trinajstić information content (AvgIpc) is 2.12. The Morgan fingerprint density at radius 3 is 2.12 bits per heavy atom. The molecule has 1 atom stereocenters. The molecule has 0 aliphatic carbocycles. The zero-order valence-electron chi connectivity index (χ0n) is 9.13. The lowest BCUT2D eigenvalue weighted by Gasteiger charge is -2.28. The Bertz CT molecular complexity index is 381. The molecular weight excluding hydrogens is 265 g/mol. The van der Waals surface area contributed by atoms with E-state index in [9.17, 15) is 26.4 Å². The summed E-state index contributed by atoms with van der Waals surface area (Å²) in [4.78, 5) is 10.5. The van der Waals surface area contributed by atoms with Gasteiger partial charge in [-0.15, -0.1) is 0 Å². The van der Waals surface area contributed by atoms with Crippen molar-refractivity contribution in [3.8, 4) is 0 Å². The summed E-state index contributed by atoms with van der Waals surface area (Å²) in [6.07, 6.45) is -4.89. The van der Waals surface area contributed by atoms with E-state index in [2.05, 4.69) is 0 Å². The molecule has 10 heteroatoms. The minimum Gasteiger partial charge on any atom is -0.480 e. The fraction of sp³-hybridized carbons (Fsp3) is 0.857. The fourth-order valence-corrected chi connectivity index (χ4v) is 2.05. The molecule has 0 rings (SSSR count). The summed E-state index contributed by atoms with van der Waals surface area (Å²) in [5.41, 5.74) is -3.56. The number of halogens is 3. The Hall–Kier alpha value is -0.870. The Morgan fingerprint density at radius 1 is 1.35 bits per heavy atom. The summed E-state index contributed by atoms with van der Waals surface area (Å²) in [5, 5.41) is 8.48. The van der Waals surface area contributed by atoms with Crippen molar-refractivity contribution in [2.45, 2.75) is 32.0 Å². The van der Waals surface area contributed by atoms with E-state index in [0.717, 1.165) is 4.72 Å². The van der Waals surface area contributed by atoms with Crippen molar-refractivity contribution < 1.29 is 31.5 Å². The lowest BCUT2D eigenvalue weighted by Crippen LogP contribution is -2.63. The zero-order chi connectivity index (χ0) is 13.9. The van der Waals surface area contributed by atoms with Crippen LogP contribution in [-0.4, -0.2) is 37.8 Å². The van der Waals surface area contributed by atoms with Crippen LogP contribution in [-0.2, 0) is 15.0 Å². The van der Waals surface area contributed by atoms with Gasteiger partial charge in [0.2, 0.25) is 5.54 Å². The van der Waals surface area contributed by atoms with Gasteiger partial charge in [0.25, 0.3) is 10.2 Å². The van der Waals surface area contributed by atoms with Crippen LogP contribution in [0.3, 0.4) is 0 Å². The lowest BCUT2D eigenvalue weighted by molar-refractivity contribution is -0.201. The van der Waals surface area contributed by atoms with E-state index in [-0.39, 0.29) is 13.5 Å². The highest BCUT2D eigenvalue weighted by molar-refractivity contribution is 7.87. The molecule has 0 spiro atoms. The summed E-state index contributed by atoms with van der Waals surface area (Å²) < 4.78 is 62.6. The van der Waals surface area contributed by atoms with E-state index >= 15 is 0 Å². The Morgan fingerprint density at radius 2 is 1.82 bits per heavy atom. The number of aliphatic carboxylic acids is 1. The molecule has 0 radical (unpaired) electrons. The minimum absolute atomic E-state index is 0.0944. The van der Waals surface area contributed by atoms with Gasteiger partial charge in [-0.1, -0.05) is 6.92 Å². The van der Waals surface area contributed by atoms with Crippen molar-refractivity contribution in [3.05, 3.63) is 0 Å². The maximum absolute atomic E-state index is 12.5. The largest absolute Gasteiger partial charge is 0.480 e. The van der Waals surface area contributed by atoms with Gasteiger partial charge >= 0.3 is 12.1 Å². The summed E-state index contributed by atoms with van der Waals surface area (Å²) in [6.45, 7) is 1.74. The number of nitrogens with one attached hydrogen (secondary N) is 2. The molecule has 0 heterocycles. The van der Waals surface area contributed by atoms with E-state index in [1.165, 1.54) is 0 Å². The number of carbonyl (C=O) groups is 1. The monoisotopic (exact) mass is 278 g/mol. The number of alkyl halides is 3. The van der Waals surface area contributed by atoms with E-state index in [1.807, 2.05) is 0 Å². The zero-order valence-corrected chi connectivity index (χ0v) is 9.94. The first-order valence-corrected chi connectivity index (χ1v) is 6.03. The molecule has 102 valence electrons. The van der Waals surface area contributed by atoms with Gasteiger partial charge in [-0.2, -0.15) is 26.3 Å². The van der Waals surface area contributed by atoms with Gasteiger partial charge in [-0.25, -0.2) is 9.52 Å². The molecule has 6 nitrogen and oxygen atoms in total. The van der Waals surface area contributed by atoms with Crippen LogP contribution in [0.25, 0.3) is 0 Å². The van der Waals surface area contributed by atoms with Crippen LogP contribution in [0.5, 0.6) is 0 Å². The number of hydrogen-bond donors (Lipinski definition) is 3. The Kier molecular flexibility index (Phi) is 4.92. The van der Waals surface area contributed by atoms with Crippen molar-refractivity contribution in [1.82, 2.24) is 9.44 Å². The van der Waals surface area contributed by atoms with Crippen LogP contribution in [0.2, 0.25) is 0 Å². The number of carboxylic acid groups (broad SMARTS) is 1. The average molecular weight is 278 g/mol. The number of rotatable bonds is 6. The highest BCUT2D eigenvalue weighted by atomic mass is 32.2. The highest BCUT2D eigenvalue weighted by Gasteiger charge is 2.59. The quantitative estimate of drug-likeness (QED) is 0.648. The van der Waals surface area contributed by atoms with Crippen LogP contribution in [0.1, 0.15) is 20.3 Å². The SMILES string of the molecule is CCCNS(=O)(=O)NC(C)(C(=O)O)C(F)(F)F. The van der Waals surface area contributed by atoms with Crippen molar-refractivity contribution in [1.29, 1.82) is 0 Å². The van der Waals surface area contributed by atoms with Crippen molar-refractivity contribution in [2.24, 2.45) is 0 Å². The second-order valence-electron chi connectivity index (χ2n) is 3.43. The van der Waals surface area contributed by atoms with Gasteiger partial charge in [-0.3, -0.25) is 0 Å². The van der Waals surface area contributed by atoms with E-state index in [1.54, 1.807) is 11.6 Å². The van der Waals surface area contributed by atoms with Crippen molar-refractivity contribution in [2.75, 3.05) is 6.54 Å². The Balaban J connectivity index is 5.10. The van der Waals surface area contributed by atoms with E-state index in [4.69, 9.17) is 5.11 Å². The smallest absolute Gasteiger partial charge is 0.418 e. The van der Waals surface area contributed by atoms with Crippen LogP contribution < -0.4 is 9.44 Å². The summed E-state index contributed by atoms with van der Waals surface area (Å²) in [5.74, 6) is -2.33. The molecule has 17 heavy (non-hydrogen) atoms. The normalized spacial score (nSPS) is 16.5. The predicted octanol–water partition coefficient (Wildman–Crippen LogP) is 0.226. The van der Waals surface area contributed by atoms with Gasteiger partial charge in [-0.05, 0) is 13.3 Å². The topological polar surface area (TPSA) is 95.5 Å². The summed E-state index contributed by atoms with van der Waals surface area (Å²) in [6, 6.07) is 0. The van der Waals surface area contributed by atoms with Crippen molar-refractivity contribution in [3.63, 3.8) is 0 Å². The molecule has 0 saturated heterocycles. The van der Waals surface area contributed by atoms with Gasteiger partial charge in [0.15, 0.2) is 0 Å². The third-order valence-electron chi connectivity index (χ3n) is 1.88. The third kappa shape index (κ3) is 4.13. The van der Waals surface area contributed by atoms with Crippen LogP contribution in [0, 0.1) is 0 Å². The molecule has 0 aromatic rings. The Labute approximate surface area is 96.4 Å². The van der Waals surface area contributed by atoms with Crippen LogP contribution in [0.4, 0.5) is 13.2 Å². The molecule has 0 saturated carbocycles. The van der Waals surface area contributed by atoms with Gasteiger partial charge in [0, 0.05) is 6.54 Å². The fourth-order valence-electron chi connectivity index (χ4n) is 0.764. The highest BCUT2D eigenvalue weighted by Crippen LogP contribution is 2.30. The molecule has 0 aliphatic heterocycles. The molecule has 0 amide bonds. The van der Waals surface area contributed by atoms with E-state index in [0.29, 0.717) is 6.42 Å². The molecule has 1 unspecified atom stereocenters. The first kappa shape index (κ1) is 16.1. The van der Waals surface area contributed by atoms with Crippen LogP contribution >= 0.6 is 0 Å². The number of hydrogen-bond acceptors (Lipinski definition) is 3. The first-order valence-electron chi connectivity index (χ1n) is 4.55. The summed E-state index contributed by atoms with van der Waals surface area (Å²) in [7, 11) is -4.53. The first-order chi connectivity index (χ1) is 7.46. The predicted molar refractivity (Wildman–Crippen MR) is 52.4 cm³/mol. The van der Waals surface area contributed by atoms with Gasteiger partial charge in [0.05, 0.1) is 0 Å². The van der Waals surface area contributed by atoms with Gasteiger partial charge in [0.1, 0.15) is 0 Å². The lowest BCUT2D eigenvalue weighted by atomic mass is 10.0. The third-order valence-corrected chi connectivity index (χ3v) is 3.14. The second-order valence-corrected chi connectivity index (χ2v) is 4.93. The molecule has 0 aliphatic rings. The molecule has 0 aromatic heterocycles. The van der Waals surface area contributed by atoms with Crippen LogP contribution in [0.15, 0.2) is 0 Å². The van der Waals surface area contributed by atoms with Crippen molar-refractivity contribution >= 4 is 16.2 Å². The molecule has 0 fully saturated rings.